The van der Waals surface area contributed by atoms with Crippen LogP contribution in [0.4, 0.5) is 0 Å². The lowest BCUT2D eigenvalue weighted by atomic mass is 9.83. The SMILES string of the molecule is COc1ccc(CN2C(=O)COCC2C2CCCCC2)cc1. The van der Waals surface area contributed by atoms with Crippen LogP contribution in [0.25, 0.3) is 0 Å². The maximum absolute atomic E-state index is 12.4. The minimum absolute atomic E-state index is 0.123. The summed E-state index contributed by atoms with van der Waals surface area (Å²) in [6.45, 7) is 1.58. The lowest BCUT2D eigenvalue weighted by Crippen LogP contribution is -2.52. The van der Waals surface area contributed by atoms with E-state index in [-0.39, 0.29) is 18.6 Å². The maximum Gasteiger partial charge on any atom is 0.249 e. The third-order valence-electron chi connectivity index (χ3n) is 4.94. The highest BCUT2D eigenvalue weighted by molar-refractivity contribution is 5.78. The van der Waals surface area contributed by atoms with Crippen molar-refractivity contribution in [3.63, 3.8) is 0 Å². The Balaban J connectivity index is 1.72. The molecule has 1 aromatic carbocycles. The van der Waals surface area contributed by atoms with E-state index in [2.05, 4.69) is 0 Å². The second-order valence-electron chi connectivity index (χ2n) is 6.35. The molecule has 0 aromatic heterocycles. The van der Waals surface area contributed by atoms with Gasteiger partial charge in [0.25, 0.3) is 0 Å². The molecule has 1 amide bonds. The highest BCUT2D eigenvalue weighted by atomic mass is 16.5. The van der Waals surface area contributed by atoms with Gasteiger partial charge in [-0.25, -0.2) is 0 Å². The molecule has 22 heavy (non-hydrogen) atoms. The second kappa shape index (κ2) is 7.14. The summed E-state index contributed by atoms with van der Waals surface area (Å²) in [7, 11) is 1.67. The first-order chi connectivity index (χ1) is 10.8. The summed E-state index contributed by atoms with van der Waals surface area (Å²) in [4.78, 5) is 14.4. The Labute approximate surface area is 132 Å². The van der Waals surface area contributed by atoms with Crippen molar-refractivity contribution < 1.29 is 14.3 Å². The van der Waals surface area contributed by atoms with Gasteiger partial charge in [-0.3, -0.25) is 4.79 Å². The van der Waals surface area contributed by atoms with Gasteiger partial charge in [0.2, 0.25) is 5.91 Å². The zero-order chi connectivity index (χ0) is 15.4. The van der Waals surface area contributed by atoms with E-state index in [0.717, 1.165) is 11.3 Å². The van der Waals surface area contributed by atoms with E-state index in [1.807, 2.05) is 29.2 Å². The van der Waals surface area contributed by atoms with Crippen molar-refractivity contribution in [1.82, 2.24) is 4.90 Å². The fraction of sp³-hybridized carbons (Fsp3) is 0.611. The van der Waals surface area contributed by atoms with Crippen molar-refractivity contribution in [3.8, 4) is 5.75 Å². The summed E-state index contributed by atoms with van der Waals surface area (Å²) in [5, 5.41) is 0. The number of hydrogen-bond acceptors (Lipinski definition) is 3. The van der Waals surface area contributed by atoms with Crippen molar-refractivity contribution >= 4 is 5.91 Å². The number of nitrogens with zero attached hydrogens (tertiary/aromatic N) is 1. The third kappa shape index (κ3) is 3.43. The average Bonchev–Trinajstić information content (AvgIpc) is 2.58. The molecule has 1 saturated carbocycles. The van der Waals surface area contributed by atoms with Crippen molar-refractivity contribution in [3.05, 3.63) is 29.8 Å². The molecule has 1 atom stereocenters. The third-order valence-corrected chi connectivity index (χ3v) is 4.94. The Morgan fingerprint density at radius 3 is 2.59 bits per heavy atom. The molecule has 1 heterocycles. The van der Waals surface area contributed by atoms with E-state index >= 15 is 0 Å². The second-order valence-corrected chi connectivity index (χ2v) is 6.35. The first kappa shape index (κ1) is 15.3. The van der Waals surface area contributed by atoms with Crippen LogP contribution < -0.4 is 4.74 Å². The molecular formula is C18H25NO3. The molecule has 2 aliphatic rings. The fourth-order valence-electron chi connectivity index (χ4n) is 3.67. The Morgan fingerprint density at radius 1 is 1.18 bits per heavy atom. The molecule has 0 N–H and O–H groups in total. The van der Waals surface area contributed by atoms with Crippen LogP contribution in [-0.4, -0.2) is 37.2 Å². The molecule has 2 fully saturated rings. The molecule has 1 unspecified atom stereocenters. The van der Waals surface area contributed by atoms with Gasteiger partial charge in [-0.1, -0.05) is 31.4 Å². The number of ether oxygens (including phenoxy) is 2. The summed E-state index contributed by atoms with van der Waals surface area (Å²) in [6.07, 6.45) is 6.34. The van der Waals surface area contributed by atoms with Crippen molar-refractivity contribution in [1.29, 1.82) is 0 Å². The molecule has 0 radical (unpaired) electrons. The van der Waals surface area contributed by atoms with Gasteiger partial charge in [0, 0.05) is 6.54 Å². The normalized spacial score (nSPS) is 23.6. The van der Waals surface area contributed by atoms with Crippen molar-refractivity contribution in [2.45, 2.75) is 44.7 Å². The van der Waals surface area contributed by atoms with E-state index in [1.54, 1.807) is 7.11 Å². The van der Waals surface area contributed by atoms with Crippen LogP contribution in [0.3, 0.4) is 0 Å². The molecule has 1 aromatic rings. The predicted octanol–water partition coefficient (Wildman–Crippen LogP) is 3.00. The average molecular weight is 303 g/mol. The Hall–Kier alpha value is -1.55. The first-order valence-corrected chi connectivity index (χ1v) is 8.28. The molecule has 4 nitrogen and oxygen atoms in total. The van der Waals surface area contributed by atoms with Crippen LogP contribution in [0.2, 0.25) is 0 Å². The van der Waals surface area contributed by atoms with E-state index in [4.69, 9.17) is 9.47 Å². The molecule has 1 aliphatic heterocycles. The van der Waals surface area contributed by atoms with Gasteiger partial charge in [0.1, 0.15) is 12.4 Å². The summed E-state index contributed by atoms with van der Waals surface area (Å²) in [6, 6.07) is 8.23. The van der Waals surface area contributed by atoms with Crippen molar-refractivity contribution in [2.24, 2.45) is 5.92 Å². The van der Waals surface area contributed by atoms with E-state index in [1.165, 1.54) is 32.1 Å². The minimum atomic E-state index is 0.123. The molecule has 1 aliphatic carbocycles. The van der Waals surface area contributed by atoms with Crippen LogP contribution >= 0.6 is 0 Å². The molecule has 120 valence electrons. The number of rotatable bonds is 4. The number of morpholine rings is 1. The molecule has 0 spiro atoms. The number of benzene rings is 1. The number of carbonyl (C=O) groups excluding carboxylic acids is 1. The standard InChI is InChI=1S/C18H25NO3/c1-21-16-9-7-14(8-10-16)11-19-17(12-22-13-18(19)20)15-5-3-2-4-6-15/h7-10,15,17H,2-6,11-13H2,1H3. The number of hydrogen-bond donors (Lipinski definition) is 0. The van der Waals surface area contributed by atoms with Gasteiger partial charge in [-0.2, -0.15) is 0 Å². The Bertz CT molecular complexity index is 494. The van der Waals surface area contributed by atoms with E-state index in [9.17, 15) is 4.79 Å². The van der Waals surface area contributed by atoms with Gasteiger partial charge in [0.15, 0.2) is 0 Å². The van der Waals surface area contributed by atoms with Crippen molar-refractivity contribution in [2.75, 3.05) is 20.3 Å². The zero-order valence-electron chi connectivity index (χ0n) is 13.3. The zero-order valence-corrected chi connectivity index (χ0v) is 13.3. The number of carbonyl (C=O) groups is 1. The summed E-state index contributed by atoms with van der Waals surface area (Å²) >= 11 is 0. The summed E-state index contributed by atoms with van der Waals surface area (Å²) in [5.41, 5.74) is 1.15. The number of amides is 1. The molecular weight excluding hydrogens is 278 g/mol. The minimum Gasteiger partial charge on any atom is -0.497 e. The van der Waals surface area contributed by atoms with Crippen LogP contribution in [0.1, 0.15) is 37.7 Å². The largest absolute Gasteiger partial charge is 0.497 e. The molecule has 0 bridgehead atoms. The molecule has 4 heteroatoms. The summed E-state index contributed by atoms with van der Waals surface area (Å²) in [5.74, 6) is 1.56. The van der Waals surface area contributed by atoms with Gasteiger partial charge < -0.3 is 14.4 Å². The van der Waals surface area contributed by atoms with Crippen LogP contribution in [-0.2, 0) is 16.1 Å². The monoisotopic (exact) mass is 303 g/mol. The Morgan fingerprint density at radius 2 is 1.91 bits per heavy atom. The smallest absolute Gasteiger partial charge is 0.249 e. The van der Waals surface area contributed by atoms with Gasteiger partial charge in [0.05, 0.1) is 19.8 Å². The van der Waals surface area contributed by atoms with E-state index < -0.39 is 0 Å². The van der Waals surface area contributed by atoms with Gasteiger partial charge >= 0.3 is 0 Å². The Kier molecular flexibility index (Phi) is 4.98. The van der Waals surface area contributed by atoms with E-state index in [0.29, 0.717) is 19.1 Å². The summed E-state index contributed by atoms with van der Waals surface area (Å²) < 4.78 is 10.7. The van der Waals surface area contributed by atoms with Crippen LogP contribution in [0.15, 0.2) is 24.3 Å². The lowest BCUT2D eigenvalue weighted by Gasteiger charge is -2.41. The lowest BCUT2D eigenvalue weighted by molar-refractivity contribution is -0.152. The molecule has 3 rings (SSSR count). The van der Waals surface area contributed by atoms with Gasteiger partial charge in [-0.05, 0) is 36.5 Å². The van der Waals surface area contributed by atoms with Crippen LogP contribution in [0.5, 0.6) is 5.75 Å². The highest BCUT2D eigenvalue weighted by Gasteiger charge is 2.35. The quantitative estimate of drug-likeness (QED) is 0.858. The number of methoxy groups -OCH3 is 1. The highest BCUT2D eigenvalue weighted by Crippen LogP contribution is 2.31. The predicted molar refractivity (Wildman–Crippen MR) is 84.7 cm³/mol. The molecule has 1 saturated heterocycles. The maximum atomic E-state index is 12.4. The first-order valence-electron chi connectivity index (χ1n) is 8.28. The fourth-order valence-corrected chi connectivity index (χ4v) is 3.67. The topological polar surface area (TPSA) is 38.8 Å². The van der Waals surface area contributed by atoms with Gasteiger partial charge in [-0.15, -0.1) is 0 Å². The van der Waals surface area contributed by atoms with Crippen LogP contribution in [0, 0.1) is 5.92 Å².